The molecule has 0 bridgehead atoms. The number of nitrogens with zero attached hydrogens (tertiary/aromatic N) is 1. The zero-order valence-corrected chi connectivity index (χ0v) is 13.9. The lowest BCUT2D eigenvalue weighted by Crippen LogP contribution is -2.20. The molecule has 0 heterocycles. The van der Waals surface area contributed by atoms with Crippen LogP contribution in [0.25, 0.3) is 0 Å². The smallest absolute Gasteiger partial charge is 0.240 e. The van der Waals surface area contributed by atoms with Crippen LogP contribution in [0.5, 0.6) is 0 Å². The minimum absolute atomic E-state index is 0.0896. The second kappa shape index (κ2) is 8.60. The highest BCUT2D eigenvalue weighted by molar-refractivity contribution is 6.13. The third kappa shape index (κ3) is 4.88. The Labute approximate surface area is 148 Å². The van der Waals surface area contributed by atoms with Crippen molar-refractivity contribution < 1.29 is 4.79 Å². The molecule has 0 radical (unpaired) electrons. The van der Waals surface area contributed by atoms with Gasteiger partial charge < -0.3 is 0 Å². The molecule has 1 N–H and O–H groups in total. The van der Waals surface area contributed by atoms with Crippen molar-refractivity contribution in [2.45, 2.75) is 12.8 Å². The third-order valence-electron chi connectivity index (χ3n) is 3.87. The minimum atomic E-state index is -0.0896. The summed E-state index contributed by atoms with van der Waals surface area (Å²) in [7, 11) is 0. The van der Waals surface area contributed by atoms with Gasteiger partial charge in [0.1, 0.15) is 0 Å². The van der Waals surface area contributed by atoms with Crippen molar-refractivity contribution in [3.05, 3.63) is 108 Å². The number of benzene rings is 3. The highest BCUT2D eigenvalue weighted by Gasteiger charge is 2.08. The summed E-state index contributed by atoms with van der Waals surface area (Å²) in [5.41, 5.74) is 6.54. The van der Waals surface area contributed by atoms with Crippen LogP contribution in [0, 0.1) is 0 Å². The molecule has 0 aliphatic rings. The van der Waals surface area contributed by atoms with Crippen molar-refractivity contribution in [1.29, 1.82) is 0 Å². The lowest BCUT2D eigenvalue weighted by molar-refractivity contribution is -0.121. The predicted octanol–water partition coefficient (Wildman–Crippen LogP) is 4.19. The first kappa shape index (κ1) is 16.7. The van der Waals surface area contributed by atoms with Gasteiger partial charge in [0.25, 0.3) is 0 Å². The summed E-state index contributed by atoms with van der Waals surface area (Å²) in [5.74, 6) is -0.0896. The van der Waals surface area contributed by atoms with E-state index in [4.69, 9.17) is 0 Å². The summed E-state index contributed by atoms with van der Waals surface area (Å²) in [6, 6.07) is 29.7. The van der Waals surface area contributed by atoms with E-state index >= 15 is 0 Å². The van der Waals surface area contributed by atoms with E-state index in [1.165, 1.54) is 0 Å². The molecule has 0 aromatic heterocycles. The molecule has 3 heteroatoms. The van der Waals surface area contributed by atoms with Gasteiger partial charge in [0, 0.05) is 17.5 Å². The van der Waals surface area contributed by atoms with Crippen LogP contribution >= 0.6 is 0 Å². The van der Waals surface area contributed by atoms with Crippen molar-refractivity contribution in [3.63, 3.8) is 0 Å². The Morgan fingerprint density at radius 1 is 0.720 bits per heavy atom. The van der Waals surface area contributed by atoms with E-state index in [2.05, 4.69) is 10.5 Å². The average molecular weight is 328 g/mol. The van der Waals surface area contributed by atoms with Gasteiger partial charge in [-0.1, -0.05) is 91.0 Å². The highest BCUT2D eigenvalue weighted by atomic mass is 16.2. The van der Waals surface area contributed by atoms with Gasteiger partial charge in [-0.25, -0.2) is 5.43 Å². The van der Waals surface area contributed by atoms with Crippen LogP contribution in [0.4, 0.5) is 0 Å². The minimum Gasteiger partial charge on any atom is -0.273 e. The lowest BCUT2D eigenvalue weighted by atomic mass is 10.0. The van der Waals surface area contributed by atoms with Gasteiger partial charge in [-0.3, -0.25) is 4.79 Å². The van der Waals surface area contributed by atoms with Gasteiger partial charge in [0.05, 0.1) is 5.71 Å². The fourth-order valence-corrected chi connectivity index (χ4v) is 2.56. The van der Waals surface area contributed by atoms with Gasteiger partial charge in [-0.15, -0.1) is 0 Å². The Balaban J connectivity index is 1.72. The van der Waals surface area contributed by atoms with E-state index in [-0.39, 0.29) is 5.91 Å². The Morgan fingerprint density at radius 2 is 1.20 bits per heavy atom. The summed E-state index contributed by atoms with van der Waals surface area (Å²) < 4.78 is 0. The largest absolute Gasteiger partial charge is 0.273 e. The van der Waals surface area contributed by atoms with Crippen LogP contribution in [0.3, 0.4) is 0 Å². The van der Waals surface area contributed by atoms with E-state index in [1.54, 1.807) is 0 Å². The molecule has 124 valence electrons. The van der Waals surface area contributed by atoms with Gasteiger partial charge in [-0.05, 0) is 12.0 Å². The Morgan fingerprint density at radius 3 is 1.72 bits per heavy atom. The summed E-state index contributed by atoms with van der Waals surface area (Å²) in [6.07, 6.45) is 1.11. The molecular formula is C22H20N2O. The quantitative estimate of drug-likeness (QED) is 0.535. The first-order valence-corrected chi connectivity index (χ1v) is 8.34. The van der Waals surface area contributed by atoms with Crippen molar-refractivity contribution in [2.75, 3.05) is 0 Å². The van der Waals surface area contributed by atoms with Crippen molar-refractivity contribution in [3.8, 4) is 0 Å². The summed E-state index contributed by atoms with van der Waals surface area (Å²) in [6.45, 7) is 0. The SMILES string of the molecule is O=C(CCc1ccccc1)NN=C(c1ccccc1)c1ccccc1. The number of carbonyl (C=O) groups is 1. The molecule has 0 saturated carbocycles. The second-order valence-electron chi connectivity index (χ2n) is 5.71. The second-order valence-corrected chi connectivity index (χ2v) is 5.71. The van der Waals surface area contributed by atoms with E-state index in [0.29, 0.717) is 12.8 Å². The maximum absolute atomic E-state index is 12.2. The van der Waals surface area contributed by atoms with Crippen molar-refractivity contribution in [2.24, 2.45) is 5.10 Å². The molecule has 0 saturated heterocycles. The average Bonchev–Trinajstić information content (AvgIpc) is 2.69. The lowest BCUT2D eigenvalue weighted by Gasteiger charge is -2.08. The number of rotatable bonds is 6. The van der Waals surface area contributed by atoms with E-state index in [0.717, 1.165) is 22.4 Å². The van der Waals surface area contributed by atoms with Crippen LogP contribution in [0.15, 0.2) is 96.1 Å². The normalized spacial score (nSPS) is 10.1. The molecule has 3 rings (SSSR count). The van der Waals surface area contributed by atoms with Crippen LogP contribution in [0.1, 0.15) is 23.1 Å². The van der Waals surface area contributed by atoms with Gasteiger partial charge in [-0.2, -0.15) is 5.10 Å². The number of hydrazone groups is 1. The first-order valence-electron chi connectivity index (χ1n) is 8.34. The summed E-state index contributed by atoms with van der Waals surface area (Å²) in [5, 5.41) is 4.39. The maximum atomic E-state index is 12.2. The fourth-order valence-electron chi connectivity index (χ4n) is 2.56. The summed E-state index contributed by atoms with van der Waals surface area (Å²) >= 11 is 0. The molecule has 1 amide bonds. The molecule has 0 aliphatic heterocycles. The first-order chi connectivity index (χ1) is 12.3. The number of hydrogen-bond acceptors (Lipinski definition) is 2. The highest BCUT2D eigenvalue weighted by Crippen LogP contribution is 2.10. The molecule has 3 nitrogen and oxygen atoms in total. The zero-order valence-electron chi connectivity index (χ0n) is 13.9. The van der Waals surface area contributed by atoms with Gasteiger partial charge in [0.2, 0.25) is 5.91 Å². The van der Waals surface area contributed by atoms with Crippen molar-refractivity contribution >= 4 is 11.6 Å². The number of nitrogens with one attached hydrogen (secondary N) is 1. The molecule has 3 aromatic rings. The molecule has 0 fully saturated rings. The molecule has 0 atom stereocenters. The Kier molecular flexibility index (Phi) is 5.73. The number of carbonyl (C=O) groups excluding carboxylic acids is 1. The third-order valence-corrected chi connectivity index (χ3v) is 3.87. The summed E-state index contributed by atoms with van der Waals surface area (Å²) in [4.78, 5) is 12.2. The van der Waals surface area contributed by atoms with Crippen LogP contribution in [-0.4, -0.2) is 11.6 Å². The molecule has 0 unspecified atom stereocenters. The van der Waals surface area contributed by atoms with Crippen molar-refractivity contribution in [1.82, 2.24) is 5.43 Å². The molecular weight excluding hydrogens is 308 g/mol. The predicted molar refractivity (Wildman–Crippen MR) is 101 cm³/mol. The van der Waals surface area contributed by atoms with E-state index < -0.39 is 0 Å². The fraction of sp³-hybridized carbons (Fsp3) is 0.0909. The van der Waals surface area contributed by atoms with Gasteiger partial charge >= 0.3 is 0 Å². The maximum Gasteiger partial charge on any atom is 0.240 e. The van der Waals surface area contributed by atoms with Gasteiger partial charge in [0.15, 0.2) is 0 Å². The van der Waals surface area contributed by atoms with Crippen LogP contribution in [-0.2, 0) is 11.2 Å². The number of hydrogen-bond donors (Lipinski definition) is 1. The molecule has 0 spiro atoms. The Hall–Kier alpha value is -3.20. The van der Waals surface area contributed by atoms with Crippen LogP contribution < -0.4 is 5.43 Å². The monoisotopic (exact) mass is 328 g/mol. The van der Waals surface area contributed by atoms with E-state index in [1.807, 2.05) is 91.0 Å². The zero-order chi connectivity index (χ0) is 17.3. The van der Waals surface area contributed by atoms with E-state index in [9.17, 15) is 4.79 Å². The standard InChI is InChI=1S/C22H20N2O/c25-21(17-16-18-10-4-1-5-11-18)23-24-22(19-12-6-2-7-13-19)20-14-8-3-9-15-20/h1-15H,16-17H2,(H,23,25). The number of aryl methyl sites for hydroxylation is 1. The molecule has 25 heavy (non-hydrogen) atoms. The van der Waals surface area contributed by atoms with Crippen LogP contribution in [0.2, 0.25) is 0 Å². The molecule has 3 aromatic carbocycles. The Bertz CT molecular complexity index is 786. The number of amides is 1. The molecule has 0 aliphatic carbocycles. The topological polar surface area (TPSA) is 41.5 Å².